The summed E-state index contributed by atoms with van der Waals surface area (Å²) in [6.07, 6.45) is 0. The second-order valence-electron chi connectivity index (χ2n) is 7.34. The molecule has 1 heterocycles. The highest BCUT2D eigenvalue weighted by atomic mass is 32.2. The number of sulfonamides is 1. The van der Waals surface area contributed by atoms with E-state index in [-0.39, 0.29) is 12.5 Å². The van der Waals surface area contributed by atoms with Gasteiger partial charge in [0.05, 0.1) is 11.4 Å². The quantitative estimate of drug-likeness (QED) is 0.836. The van der Waals surface area contributed by atoms with Crippen LogP contribution in [0.25, 0.3) is 0 Å². The standard InChI is InChI=1S/C21H27N3O3S/c1-16-4-8-20(9-5-16)28(26,27)24-12-10-23(11-13-24)15-21(25)22-19-7-6-17(2)18(3)14-19/h4-9,14H,10-13,15H2,1-3H3,(H,22,25). The Balaban J connectivity index is 1.54. The average molecular weight is 402 g/mol. The van der Waals surface area contributed by atoms with E-state index in [0.29, 0.717) is 31.1 Å². The largest absolute Gasteiger partial charge is 0.325 e. The summed E-state index contributed by atoms with van der Waals surface area (Å²) in [5, 5.41) is 2.92. The Kier molecular flexibility index (Phi) is 6.17. The predicted octanol–water partition coefficient (Wildman–Crippen LogP) is 2.56. The molecule has 3 rings (SSSR count). The van der Waals surface area contributed by atoms with E-state index < -0.39 is 10.0 Å². The van der Waals surface area contributed by atoms with E-state index in [1.807, 2.05) is 43.9 Å². The molecule has 0 unspecified atom stereocenters. The first-order valence-corrected chi connectivity index (χ1v) is 10.9. The summed E-state index contributed by atoms with van der Waals surface area (Å²) in [7, 11) is -3.48. The van der Waals surface area contributed by atoms with E-state index >= 15 is 0 Å². The van der Waals surface area contributed by atoms with Gasteiger partial charge in [-0.15, -0.1) is 0 Å². The van der Waals surface area contributed by atoms with Crippen molar-refractivity contribution in [2.75, 3.05) is 38.0 Å². The zero-order valence-corrected chi connectivity index (χ0v) is 17.4. The Morgan fingerprint density at radius 1 is 0.929 bits per heavy atom. The van der Waals surface area contributed by atoms with Gasteiger partial charge in [-0.25, -0.2) is 8.42 Å². The van der Waals surface area contributed by atoms with Crippen molar-refractivity contribution in [3.8, 4) is 0 Å². The van der Waals surface area contributed by atoms with Gasteiger partial charge < -0.3 is 5.32 Å². The second kappa shape index (κ2) is 8.43. The third-order valence-electron chi connectivity index (χ3n) is 5.15. The van der Waals surface area contributed by atoms with Crippen LogP contribution in [0.5, 0.6) is 0 Å². The number of aryl methyl sites for hydroxylation is 3. The van der Waals surface area contributed by atoms with E-state index in [4.69, 9.17) is 0 Å². The maximum atomic E-state index is 12.8. The summed E-state index contributed by atoms with van der Waals surface area (Å²) in [5.74, 6) is -0.0851. The van der Waals surface area contributed by atoms with Crippen LogP contribution in [0, 0.1) is 20.8 Å². The van der Waals surface area contributed by atoms with Gasteiger partial charge in [0.15, 0.2) is 0 Å². The molecule has 28 heavy (non-hydrogen) atoms. The first kappa shape index (κ1) is 20.5. The number of hydrogen-bond donors (Lipinski definition) is 1. The maximum absolute atomic E-state index is 12.8. The van der Waals surface area contributed by atoms with Gasteiger partial charge in [-0.3, -0.25) is 9.69 Å². The number of nitrogens with zero attached hydrogens (tertiary/aromatic N) is 2. The first-order chi connectivity index (χ1) is 13.3. The molecule has 2 aromatic rings. The number of carbonyl (C=O) groups is 1. The molecule has 0 radical (unpaired) electrons. The molecule has 0 aliphatic carbocycles. The lowest BCUT2D eigenvalue weighted by Crippen LogP contribution is -2.50. The van der Waals surface area contributed by atoms with Gasteiger partial charge >= 0.3 is 0 Å². The van der Waals surface area contributed by atoms with Gasteiger partial charge in [-0.1, -0.05) is 23.8 Å². The highest BCUT2D eigenvalue weighted by molar-refractivity contribution is 7.89. The van der Waals surface area contributed by atoms with Crippen LogP contribution in [0.15, 0.2) is 47.4 Å². The molecule has 1 aliphatic rings. The lowest BCUT2D eigenvalue weighted by Gasteiger charge is -2.33. The van der Waals surface area contributed by atoms with Crippen LogP contribution in [0.2, 0.25) is 0 Å². The summed E-state index contributed by atoms with van der Waals surface area (Å²) in [6.45, 7) is 8.06. The molecule has 7 heteroatoms. The van der Waals surface area contributed by atoms with E-state index in [1.165, 1.54) is 9.87 Å². The number of hydrogen-bond acceptors (Lipinski definition) is 4. The van der Waals surface area contributed by atoms with Gasteiger partial charge in [0.25, 0.3) is 0 Å². The van der Waals surface area contributed by atoms with Crippen molar-refractivity contribution in [3.63, 3.8) is 0 Å². The number of nitrogens with one attached hydrogen (secondary N) is 1. The predicted molar refractivity (Wildman–Crippen MR) is 111 cm³/mol. The highest BCUT2D eigenvalue weighted by Crippen LogP contribution is 2.18. The van der Waals surface area contributed by atoms with Crippen molar-refractivity contribution in [2.24, 2.45) is 0 Å². The number of benzene rings is 2. The van der Waals surface area contributed by atoms with E-state index in [2.05, 4.69) is 5.32 Å². The number of anilines is 1. The van der Waals surface area contributed by atoms with E-state index in [1.54, 1.807) is 24.3 Å². The molecular formula is C21H27N3O3S. The van der Waals surface area contributed by atoms with Gasteiger partial charge in [0.2, 0.25) is 15.9 Å². The van der Waals surface area contributed by atoms with Gasteiger partial charge in [0.1, 0.15) is 0 Å². The summed E-state index contributed by atoms with van der Waals surface area (Å²) in [6, 6.07) is 12.7. The van der Waals surface area contributed by atoms with Crippen molar-refractivity contribution < 1.29 is 13.2 Å². The summed E-state index contributed by atoms with van der Waals surface area (Å²) >= 11 is 0. The molecular weight excluding hydrogens is 374 g/mol. The Morgan fingerprint density at radius 3 is 2.18 bits per heavy atom. The first-order valence-electron chi connectivity index (χ1n) is 9.42. The minimum Gasteiger partial charge on any atom is -0.325 e. The normalized spacial score (nSPS) is 16.1. The third kappa shape index (κ3) is 4.79. The van der Waals surface area contributed by atoms with Crippen LogP contribution in [0.3, 0.4) is 0 Å². The summed E-state index contributed by atoms with van der Waals surface area (Å²) < 4.78 is 27.0. The summed E-state index contributed by atoms with van der Waals surface area (Å²) in [5.41, 5.74) is 4.13. The molecule has 0 saturated carbocycles. The number of piperazine rings is 1. The van der Waals surface area contributed by atoms with Gasteiger partial charge in [-0.05, 0) is 56.2 Å². The van der Waals surface area contributed by atoms with Crippen LogP contribution < -0.4 is 5.32 Å². The molecule has 1 saturated heterocycles. The Hall–Kier alpha value is -2.22. The lowest BCUT2D eigenvalue weighted by molar-refractivity contribution is -0.117. The minimum absolute atomic E-state index is 0.0851. The van der Waals surface area contributed by atoms with Crippen molar-refractivity contribution in [3.05, 3.63) is 59.2 Å². The average Bonchev–Trinajstić information content (AvgIpc) is 2.65. The number of carbonyl (C=O) groups excluding carboxylic acids is 1. The molecule has 0 aromatic heterocycles. The van der Waals surface area contributed by atoms with Crippen molar-refractivity contribution >= 4 is 21.6 Å². The zero-order valence-electron chi connectivity index (χ0n) is 16.6. The van der Waals surface area contributed by atoms with Crippen LogP contribution >= 0.6 is 0 Å². The van der Waals surface area contributed by atoms with Crippen molar-refractivity contribution in [1.29, 1.82) is 0 Å². The molecule has 1 amide bonds. The summed E-state index contributed by atoms with van der Waals surface area (Å²) in [4.78, 5) is 14.6. The number of rotatable bonds is 5. The van der Waals surface area contributed by atoms with Crippen LogP contribution in [-0.4, -0.2) is 56.3 Å². The van der Waals surface area contributed by atoms with Gasteiger partial charge in [0, 0.05) is 31.9 Å². The topological polar surface area (TPSA) is 69.7 Å². The van der Waals surface area contributed by atoms with Crippen LogP contribution in [-0.2, 0) is 14.8 Å². The minimum atomic E-state index is -3.48. The van der Waals surface area contributed by atoms with Crippen LogP contribution in [0.1, 0.15) is 16.7 Å². The molecule has 2 aromatic carbocycles. The van der Waals surface area contributed by atoms with Gasteiger partial charge in [-0.2, -0.15) is 4.31 Å². The molecule has 0 bridgehead atoms. The Morgan fingerprint density at radius 2 is 1.57 bits per heavy atom. The Bertz CT molecular complexity index is 947. The maximum Gasteiger partial charge on any atom is 0.243 e. The van der Waals surface area contributed by atoms with Crippen LogP contribution in [0.4, 0.5) is 5.69 Å². The molecule has 0 spiro atoms. The molecule has 1 aliphatic heterocycles. The monoisotopic (exact) mass is 401 g/mol. The third-order valence-corrected chi connectivity index (χ3v) is 7.06. The molecule has 6 nitrogen and oxygen atoms in total. The fourth-order valence-corrected chi connectivity index (χ4v) is 4.63. The van der Waals surface area contributed by atoms with Crippen molar-refractivity contribution in [1.82, 2.24) is 9.21 Å². The number of amides is 1. The SMILES string of the molecule is Cc1ccc(S(=O)(=O)N2CCN(CC(=O)Nc3ccc(C)c(C)c3)CC2)cc1. The Labute approximate surface area is 167 Å². The molecule has 150 valence electrons. The van der Waals surface area contributed by atoms with Crippen molar-refractivity contribution in [2.45, 2.75) is 25.7 Å². The lowest BCUT2D eigenvalue weighted by atomic mass is 10.1. The van der Waals surface area contributed by atoms with E-state index in [9.17, 15) is 13.2 Å². The zero-order chi connectivity index (χ0) is 20.3. The molecule has 1 N–H and O–H groups in total. The molecule has 1 fully saturated rings. The van der Waals surface area contributed by atoms with E-state index in [0.717, 1.165) is 16.8 Å². The fourth-order valence-electron chi connectivity index (χ4n) is 3.21. The fraction of sp³-hybridized carbons (Fsp3) is 0.381. The molecule has 0 atom stereocenters. The smallest absolute Gasteiger partial charge is 0.243 e. The second-order valence-corrected chi connectivity index (χ2v) is 9.28. The highest BCUT2D eigenvalue weighted by Gasteiger charge is 2.28.